The van der Waals surface area contributed by atoms with Gasteiger partial charge in [-0.05, 0) is 19.4 Å². The van der Waals surface area contributed by atoms with Gasteiger partial charge in [0, 0.05) is 10.9 Å². The molecule has 0 bridgehead atoms. The minimum Gasteiger partial charge on any atom is -0.463 e. The smallest absolute Gasteiger partial charge is 0.348 e. The molecule has 1 atom stereocenters. The van der Waals surface area contributed by atoms with Crippen LogP contribution >= 0.6 is 15.9 Å². The van der Waals surface area contributed by atoms with Gasteiger partial charge in [-0.15, -0.1) is 0 Å². The van der Waals surface area contributed by atoms with Gasteiger partial charge in [0.15, 0.2) is 0 Å². The maximum Gasteiger partial charge on any atom is 0.348 e. The zero-order valence-corrected chi connectivity index (χ0v) is 10.9. The Morgan fingerprint density at radius 1 is 1.56 bits per heavy atom. The average molecular weight is 289 g/mol. The Labute approximate surface area is 103 Å². The van der Waals surface area contributed by atoms with Crippen LogP contribution in [0, 0.1) is 0 Å². The highest BCUT2D eigenvalue weighted by atomic mass is 79.9. The van der Waals surface area contributed by atoms with Crippen molar-refractivity contribution in [3.8, 4) is 0 Å². The molecule has 0 spiro atoms. The second kappa shape index (κ2) is 5.43. The Kier molecular flexibility index (Phi) is 4.47. The quantitative estimate of drug-likeness (QED) is 0.628. The van der Waals surface area contributed by atoms with Crippen LogP contribution in [0.25, 0.3) is 0 Å². The number of benzene rings is 1. The van der Waals surface area contributed by atoms with E-state index in [1.54, 1.807) is 25.1 Å². The van der Waals surface area contributed by atoms with Crippen molar-refractivity contribution >= 4 is 21.9 Å². The molecule has 1 unspecified atom stereocenters. The van der Waals surface area contributed by atoms with Gasteiger partial charge < -0.3 is 4.74 Å². The highest BCUT2D eigenvalue weighted by Crippen LogP contribution is 2.28. The zero-order chi connectivity index (χ0) is 12.2. The van der Waals surface area contributed by atoms with Gasteiger partial charge in [-0.3, -0.25) is 0 Å². The summed E-state index contributed by atoms with van der Waals surface area (Å²) >= 11 is 3.29. The van der Waals surface area contributed by atoms with Crippen molar-refractivity contribution < 1.29 is 13.9 Å². The van der Waals surface area contributed by atoms with Crippen molar-refractivity contribution in [3.63, 3.8) is 0 Å². The first-order valence-corrected chi connectivity index (χ1v) is 6.16. The topological polar surface area (TPSA) is 26.3 Å². The molecule has 0 aliphatic heterocycles. The van der Waals surface area contributed by atoms with Gasteiger partial charge in [0.2, 0.25) is 5.67 Å². The van der Waals surface area contributed by atoms with Crippen LogP contribution in [0.1, 0.15) is 25.0 Å². The molecule has 0 saturated heterocycles. The summed E-state index contributed by atoms with van der Waals surface area (Å²) < 4.78 is 18.9. The number of halogens is 2. The van der Waals surface area contributed by atoms with E-state index in [9.17, 15) is 9.18 Å². The molecule has 88 valence electrons. The third-order valence-corrected chi connectivity index (χ3v) is 2.93. The van der Waals surface area contributed by atoms with Crippen molar-refractivity contribution in [2.75, 3.05) is 6.61 Å². The van der Waals surface area contributed by atoms with Gasteiger partial charge >= 0.3 is 5.97 Å². The summed E-state index contributed by atoms with van der Waals surface area (Å²) in [4.78, 5) is 11.5. The molecule has 0 aliphatic carbocycles. The number of carbonyl (C=O) groups excluding carboxylic acids is 1. The van der Waals surface area contributed by atoms with Crippen molar-refractivity contribution in [1.82, 2.24) is 0 Å². The van der Waals surface area contributed by atoms with Gasteiger partial charge in [-0.1, -0.05) is 40.2 Å². The first-order chi connectivity index (χ1) is 7.52. The normalized spacial score (nSPS) is 14.2. The molecule has 1 rings (SSSR count). The van der Waals surface area contributed by atoms with E-state index in [1.807, 2.05) is 6.07 Å². The molecule has 2 nitrogen and oxygen atoms in total. The predicted molar refractivity (Wildman–Crippen MR) is 64.2 cm³/mol. The van der Waals surface area contributed by atoms with Crippen LogP contribution in [-0.2, 0) is 20.5 Å². The van der Waals surface area contributed by atoms with Crippen LogP contribution in [0.3, 0.4) is 0 Å². The van der Waals surface area contributed by atoms with E-state index >= 15 is 0 Å². The Morgan fingerprint density at radius 2 is 2.25 bits per heavy atom. The fourth-order valence-electron chi connectivity index (χ4n) is 1.33. The Morgan fingerprint density at radius 3 is 2.81 bits per heavy atom. The number of hydrogen-bond acceptors (Lipinski definition) is 2. The molecule has 1 aromatic carbocycles. The van der Waals surface area contributed by atoms with Crippen molar-refractivity contribution in [1.29, 1.82) is 0 Å². The molecule has 4 heteroatoms. The lowest BCUT2D eigenvalue weighted by atomic mass is 9.96. The predicted octanol–water partition coefficient (Wildman–Crippen LogP) is 3.33. The van der Waals surface area contributed by atoms with Gasteiger partial charge in [-0.25, -0.2) is 9.18 Å². The minimum absolute atomic E-state index is 0.177. The summed E-state index contributed by atoms with van der Waals surface area (Å²) in [6.07, 6.45) is 0. The standard InChI is InChI=1S/C12H14BrFO2/c1-3-16-11(15)12(2,14)10-6-4-5-9(7-10)8-13/h4-7H,3,8H2,1-2H3. The number of hydrogen-bond donors (Lipinski definition) is 0. The monoisotopic (exact) mass is 288 g/mol. The molecular formula is C12H14BrFO2. The van der Waals surface area contributed by atoms with E-state index in [1.165, 1.54) is 6.92 Å². The third kappa shape index (κ3) is 2.82. The maximum atomic E-state index is 14.2. The van der Waals surface area contributed by atoms with E-state index in [-0.39, 0.29) is 6.61 Å². The SMILES string of the molecule is CCOC(=O)C(C)(F)c1cccc(CBr)c1. The first-order valence-electron chi connectivity index (χ1n) is 5.04. The average Bonchev–Trinajstić information content (AvgIpc) is 2.29. The third-order valence-electron chi connectivity index (χ3n) is 2.28. The van der Waals surface area contributed by atoms with Crippen LogP contribution in [0.2, 0.25) is 0 Å². The molecule has 0 saturated carbocycles. The molecule has 0 amide bonds. The molecule has 1 aromatic rings. The number of alkyl halides is 2. The van der Waals surface area contributed by atoms with E-state index in [0.717, 1.165) is 5.56 Å². The number of ether oxygens (including phenoxy) is 1. The number of carbonyl (C=O) groups is 1. The second-order valence-electron chi connectivity index (χ2n) is 3.56. The summed E-state index contributed by atoms with van der Waals surface area (Å²) in [6.45, 7) is 3.05. The van der Waals surface area contributed by atoms with Gasteiger partial charge in [0.1, 0.15) is 0 Å². The van der Waals surface area contributed by atoms with Crippen LogP contribution < -0.4 is 0 Å². The van der Waals surface area contributed by atoms with Gasteiger partial charge in [0.05, 0.1) is 6.61 Å². The molecule has 0 N–H and O–H groups in total. The summed E-state index contributed by atoms with van der Waals surface area (Å²) in [5.74, 6) is -0.846. The lowest BCUT2D eigenvalue weighted by molar-refractivity contribution is -0.156. The summed E-state index contributed by atoms with van der Waals surface area (Å²) in [6, 6.07) is 6.83. The molecule has 0 fully saturated rings. The summed E-state index contributed by atoms with van der Waals surface area (Å²) in [5.41, 5.74) is -0.845. The number of esters is 1. The van der Waals surface area contributed by atoms with Crippen molar-refractivity contribution in [2.45, 2.75) is 24.8 Å². The highest BCUT2D eigenvalue weighted by molar-refractivity contribution is 9.08. The molecule has 0 aliphatic rings. The van der Waals surface area contributed by atoms with E-state index in [2.05, 4.69) is 15.9 Å². The van der Waals surface area contributed by atoms with Crippen molar-refractivity contribution in [2.24, 2.45) is 0 Å². The first kappa shape index (κ1) is 13.2. The zero-order valence-electron chi connectivity index (χ0n) is 9.30. The minimum atomic E-state index is -2.09. The number of rotatable bonds is 4. The lowest BCUT2D eigenvalue weighted by Crippen LogP contribution is -2.29. The molecule has 0 radical (unpaired) electrons. The Balaban J connectivity index is 3.01. The molecule has 16 heavy (non-hydrogen) atoms. The van der Waals surface area contributed by atoms with Crippen LogP contribution in [0.5, 0.6) is 0 Å². The van der Waals surface area contributed by atoms with Crippen molar-refractivity contribution in [3.05, 3.63) is 35.4 Å². The summed E-state index contributed by atoms with van der Waals surface area (Å²) in [5, 5.41) is 0.625. The van der Waals surface area contributed by atoms with Crippen LogP contribution in [-0.4, -0.2) is 12.6 Å². The van der Waals surface area contributed by atoms with E-state index < -0.39 is 11.6 Å². The molecule has 0 heterocycles. The van der Waals surface area contributed by atoms with Gasteiger partial charge in [0.25, 0.3) is 0 Å². The highest BCUT2D eigenvalue weighted by Gasteiger charge is 2.36. The summed E-state index contributed by atoms with van der Waals surface area (Å²) in [7, 11) is 0. The molecule has 0 aromatic heterocycles. The van der Waals surface area contributed by atoms with Crippen LogP contribution in [0.15, 0.2) is 24.3 Å². The largest absolute Gasteiger partial charge is 0.463 e. The van der Waals surface area contributed by atoms with E-state index in [4.69, 9.17) is 4.74 Å². The Hall–Kier alpha value is -0.900. The fourth-order valence-corrected chi connectivity index (χ4v) is 1.68. The van der Waals surface area contributed by atoms with Gasteiger partial charge in [-0.2, -0.15) is 0 Å². The van der Waals surface area contributed by atoms with E-state index in [0.29, 0.717) is 10.9 Å². The fraction of sp³-hybridized carbons (Fsp3) is 0.417. The van der Waals surface area contributed by atoms with Crippen LogP contribution in [0.4, 0.5) is 4.39 Å². The lowest BCUT2D eigenvalue weighted by Gasteiger charge is -2.19. The Bertz CT molecular complexity index is 377. The maximum absolute atomic E-state index is 14.2. The second-order valence-corrected chi connectivity index (χ2v) is 4.12. The molecular weight excluding hydrogens is 275 g/mol.